The van der Waals surface area contributed by atoms with Gasteiger partial charge >= 0.3 is 6.03 Å². The van der Waals surface area contributed by atoms with Crippen molar-refractivity contribution in [3.63, 3.8) is 0 Å². The van der Waals surface area contributed by atoms with Crippen LogP contribution in [0.15, 0.2) is 42.5 Å². The number of nitriles is 1. The Bertz CT molecular complexity index is 952. The lowest BCUT2D eigenvalue weighted by molar-refractivity contribution is -0.116. The van der Waals surface area contributed by atoms with E-state index >= 15 is 0 Å². The van der Waals surface area contributed by atoms with Gasteiger partial charge in [0.15, 0.2) is 11.5 Å². The molecule has 8 nitrogen and oxygen atoms in total. The van der Waals surface area contributed by atoms with Crippen molar-refractivity contribution in [2.45, 2.75) is 0 Å². The molecular formula is C20H18N4O4. The number of nitrogens with one attached hydrogen (secondary N) is 1. The summed E-state index contributed by atoms with van der Waals surface area (Å²) < 4.78 is 11.1. The summed E-state index contributed by atoms with van der Waals surface area (Å²) in [5.74, 6) is 0.996. The van der Waals surface area contributed by atoms with Gasteiger partial charge in [-0.1, -0.05) is 0 Å². The molecule has 0 aromatic heterocycles. The standard InChI is InChI=1S/C20H18N4O4/c21-12-14-1-3-15(4-2-14)22-19(25)13-23-7-8-24(20(23)26)16-5-6-17-18(11-16)28-10-9-27-17/h1-6,11H,7-10,13H2,(H,22,25). The molecule has 3 amide bonds. The van der Waals surface area contributed by atoms with Crippen LogP contribution in [0.5, 0.6) is 11.5 Å². The predicted molar refractivity (Wildman–Crippen MR) is 102 cm³/mol. The second kappa shape index (κ2) is 7.48. The van der Waals surface area contributed by atoms with E-state index in [-0.39, 0.29) is 18.5 Å². The number of amides is 3. The van der Waals surface area contributed by atoms with Crippen LogP contribution in [0.3, 0.4) is 0 Å². The summed E-state index contributed by atoms with van der Waals surface area (Å²) in [6, 6.07) is 13.7. The van der Waals surface area contributed by atoms with E-state index in [4.69, 9.17) is 14.7 Å². The molecule has 0 aliphatic carbocycles. The molecule has 4 rings (SSSR count). The van der Waals surface area contributed by atoms with E-state index in [1.54, 1.807) is 41.3 Å². The second-order valence-electron chi connectivity index (χ2n) is 6.42. The molecule has 0 saturated carbocycles. The van der Waals surface area contributed by atoms with Gasteiger partial charge in [0.1, 0.15) is 19.8 Å². The average molecular weight is 378 g/mol. The zero-order valence-electron chi connectivity index (χ0n) is 15.1. The van der Waals surface area contributed by atoms with Crippen LogP contribution in [0.1, 0.15) is 5.56 Å². The van der Waals surface area contributed by atoms with Crippen molar-refractivity contribution in [1.82, 2.24) is 4.90 Å². The molecule has 142 valence electrons. The molecule has 0 radical (unpaired) electrons. The molecule has 0 unspecified atom stereocenters. The van der Waals surface area contributed by atoms with Crippen molar-refractivity contribution >= 4 is 23.3 Å². The molecule has 28 heavy (non-hydrogen) atoms. The normalized spacial score (nSPS) is 15.3. The van der Waals surface area contributed by atoms with Crippen LogP contribution in [0.25, 0.3) is 0 Å². The van der Waals surface area contributed by atoms with Crippen LogP contribution in [-0.2, 0) is 4.79 Å². The third-order valence-corrected chi connectivity index (χ3v) is 4.56. The molecule has 2 aliphatic heterocycles. The van der Waals surface area contributed by atoms with Crippen LogP contribution in [0.2, 0.25) is 0 Å². The summed E-state index contributed by atoms with van der Waals surface area (Å²) in [4.78, 5) is 28.1. The highest BCUT2D eigenvalue weighted by molar-refractivity contribution is 5.99. The number of carbonyl (C=O) groups is 2. The van der Waals surface area contributed by atoms with E-state index < -0.39 is 0 Å². The van der Waals surface area contributed by atoms with E-state index in [1.807, 2.05) is 12.1 Å². The third-order valence-electron chi connectivity index (χ3n) is 4.56. The fourth-order valence-electron chi connectivity index (χ4n) is 3.17. The van der Waals surface area contributed by atoms with Gasteiger partial charge in [0.05, 0.1) is 11.6 Å². The highest BCUT2D eigenvalue weighted by Crippen LogP contribution is 2.34. The summed E-state index contributed by atoms with van der Waals surface area (Å²) in [7, 11) is 0. The Labute approximate surface area is 161 Å². The number of benzene rings is 2. The Kier molecular flexibility index (Phi) is 4.72. The number of urea groups is 1. The predicted octanol–water partition coefficient (Wildman–Crippen LogP) is 2.21. The van der Waals surface area contributed by atoms with Gasteiger partial charge in [0.2, 0.25) is 5.91 Å². The van der Waals surface area contributed by atoms with Gasteiger partial charge in [-0.15, -0.1) is 0 Å². The first-order valence-corrected chi connectivity index (χ1v) is 8.90. The lowest BCUT2D eigenvalue weighted by Crippen LogP contribution is -2.37. The van der Waals surface area contributed by atoms with Gasteiger partial charge in [0, 0.05) is 30.5 Å². The molecule has 1 fully saturated rings. The maximum atomic E-state index is 12.7. The minimum atomic E-state index is -0.290. The van der Waals surface area contributed by atoms with E-state index in [1.165, 1.54) is 4.90 Å². The minimum Gasteiger partial charge on any atom is -0.486 e. The number of carbonyl (C=O) groups excluding carboxylic acids is 2. The third kappa shape index (κ3) is 3.55. The van der Waals surface area contributed by atoms with Crippen LogP contribution >= 0.6 is 0 Å². The quantitative estimate of drug-likeness (QED) is 0.880. The number of rotatable bonds is 4. The van der Waals surface area contributed by atoms with Gasteiger partial charge < -0.3 is 19.7 Å². The zero-order chi connectivity index (χ0) is 19.5. The summed E-state index contributed by atoms with van der Waals surface area (Å²) in [6.45, 7) is 1.89. The van der Waals surface area contributed by atoms with Crippen molar-refractivity contribution in [2.75, 3.05) is 43.1 Å². The van der Waals surface area contributed by atoms with Crippen LogP contribution in [-0.4, -0.2) is 49.7 Å². The Morgan fingerprint density at radius 1 is 1.07 bits per heavy atom. The van der Waals surface area contributed by atoms with E-state index in [0.29, 0.717) is 54.7 Å². The maximum absolute atomic E-state index is 12.7. The molecular weight excluding hydrogens is 360 g/mol. The molecule has 1 N–H and O–H groups in total. The maximum Gasteiger partial charge on any atom is 0.325 e. The lowest BCUT2D eigenvalue weighted by Gasteiger charge is -2.22. The van der Waals surface area contributed by atoms with Gasteiger partial charge in [0.25, 0.3) is 0 Å². The van der Waals surface area contributed by atoms with Gasteiger partial charge in [-0.3, -0.25) is 9.69 Å². The molecule has 2 aromatic rings. The highest BCUT2D eigenvalue weighted by Gasteiger charge is 2.31. The van der Waals surface area contributed by atoms with Crippen LogP contribution < -0.4 is 19.7 Å². The van der Waals surface area contributed by atoms with Gasteiger partial charge in [-0.05, 0) is 36.4 Å². The summed E-state index contributed by atoms with van der Waals surface area (Å²) in [5, 5.41) is 11.6. The van der Waals surface area contributed by atoms with Crippen molar-refractivity contribution in [3.8, 4) is 17.6 Å². The van der Waals surface area contributed by atoms with E-state index in [0.717, 1.165) is 0 Å². The Balaban J connectivity index is 1.38. The van der Waals surface area contributed by atoms with E-state index in [9.17, 15) is 9.59 Å². The number of nitrogens with zero attached hydrogens (tertiary/aromatic N) is 3. The molecule has 2 heterocycles. The summed E-state index contributed by atoms with van der Waals surface area (Å²) in [5.41, 5.74) is 1.81. The monoisotopic (exact) mass is 378 g/mol. The smallest absolute Gasteiger partial charge is 0.325 e. The number of fused-ring (bicyclic) bond motifs is 1. The number of hydrogen-bond acceptors (Lipinski definition) is 5. The van der Waals surface area contributed by atoms with Crippen molar-refractivity contribution < 1.29 is 19.1 Å². The van der Waals surface area contributed by atoms with Crippen molar-refractivity contribution in [1.29, 1.82) is 5.26 Å². The number of anilines is 2. The minimum absolute atomic E-state index is 0.0418. The molecule has 0 spiro atoms. The SMILES string of the molecule is N#Cc1ccc(NC(=O)CN2CCN(c3ccc4c(c3)OCCO4)C2=O)cc1. The Hall–Kier alpha value is -3.73. The second-order valence-corrected chi connectivity index (χ2v) is 6.42. The Morgan fingerprint density at radius 3 is 2.57 bits per heavy atom. The van der Waals surface area contributed by atoms with Crippen molar-refractivity contribution in [3.05, 3.63) is 48.0 Å². The molecule has 2 aromatic carbocycles. The topological polar surface area (TPSA) is 94.9 Å². The molecule has 1 saturated heterocycles. The average Bonchev–Trinajstić information content (AvgIpc) is 3.08. The van der Waals surface area contributed by atoms with Gasteiger partial charge in [-0.2, -0.15) is 5.26 Å². The molecule has 8 heteroatoms. The summed E-state index contributed by atoms with van der Waals surface area (Å²) >= 11 is 0. The van der Waals surface area contributed by atoms with Crippen molar-refractivity contribution in [2.24, 2.45) is 0 Å². The zero-order valence-corrected chi connectivity index (χ0v) is 15.1. The van der Waals surface area contributed by atoms with E-state index in [2.05, 4.69) is 5.32 Å². The first kappa shape index (κ1) is 17.7. The highest BCUT2D eigenvalue weighted by atomic mass is 16.6. The first-order valence-electron chi connectivity index (χ1n) is 8.90. The molecule has 0 atom stereocenters. The number of ether oxygens (including phenoxy) is 2. The van der Waals surface area contributed by atoms with Crippen LogP contribution in [0.4, 0.5) is 16.2 Å². The Morgan fingerprint density at radius 2 is 1.82 bits per heavy atom. The van der Waals surface area contributed by atoms with Gasteiger partial charge in [-0.25, -0.2) is 4.79 Å². The fraction of sp³-hybridized carbons (Fsp3) is 0.250. The lowest BCUT2D eigenvalue weighted by atomic mass is 10.2. The first-order chi connectivity index (χ1) is 13.6. The number of hydrogen-bond donors (Lipinski definition) is 1. The molecule has 0 bridgehead atoms. The van der Waals surface area contributed by atoms with Crippen LogP contribution in [0, 0.1) is 11.3 Å². The summed E-state index contributed by atoms with van der Waals surface area (Å²) in [6.07, 6.45) is 0. The molecule has 2 aliphatic rings. The largest absolute Gasteiger partial charge is 0.486 e. The fourth-order valence-corrected chi connectivity index (χ4v) is 3.17.